The molecule has 2 aromatic rings. The number of hydrogen-bond donors (Lipinski definition) is 2. The molecule has 0 saturated carbocycles. The predicted octanol–water partition coefficient (Wildman–Crippen LogP) is 3.47. The number of carbonyl (C=O) groups excluding carboxylic acids is 1. The number of non-ortho nitro benzene ring substituents is 1. The molecule has 1 atom stereocenters. The molecule has 0 heterocycles. The molecule has 2 rings (SSSR count). The van der Waals surface area contributed by atoms with Gasteiger partial charge >= 0.3 is 0 Å². The van der Waals surface area contributed by atoms with Crippen LogP contribution in [0.1, 0.15) is 24.1 Å². The van der Waals surface area contributed by atoms with Crippen molar-refractivity contribution in [2.75, 3.05) is 11.9 Å². The van der Waals surface area contributed by atoms with Gasteiger partial charge in [0.1, 0.15) is 11.6 Å². The maximum absolute atomic E-state index is 13.7. The van der Waals surface area contributed by atoms with Gasteiger partial charge in [-0.15, -0.1) is 0 Å². The molecular weight excluding hydrogens is 332 g/mol. The Kier molecular flexibility index (Phi) is 5.76. The molecule has 8 heteroatoms. The van der Waals surface area contributed by atoms with Gasteiger partial charge in [0.05, 0.1) is 11.5 Å². The molecule has 0 unspecified atom stereocenters. The average molecular weight is 349 g/mol. The minimum atomic E-state index is -0.688. The van der Waals surface area contributed by atoms with Gasteiger partial charge < -0.3 is 10.6 Å². The SMILES string of the molecule is Cc1cc([N+](=O)[O-])ccc1NC(=O)CN[C@H](C)c1ccc(F)cc1F. The fourth-order valence-electron chi connectivity index (χ4n) is 2.30. The molecule has 2 N–H and O–H groups in total. The second kappa shape index (κ2) is 7.80. The number of nitrogens with zero attached hydrogens (tertiary/aromatic N) is 1. The van der Waals surface area contributed by atoms with Crippen LogP contribution < -0.4 is 10.6 Å². The van der Waals surface area contributed by atoms with E-state index in [1.54, 1.807) is 13.8 Å². The topological polar surface area (TPSA) is 84.3 Å². The highest BCUT2D eigenvalue weighted by Crippen LogP contribution is 2.21. The summed E-state index contributed by atoms with van der Waals surface area (Å²) >= 11 is 0. The first-order valence-electron chi connectivity index (χ1n) is 7.51. The highest BCUT2D eigenvalue weighted by atomic mass is 19.1. The summed E-state index contributed by atoms with van der Waals surface area (Å²) in [5.41, 5.74) is 1.20. The van der Waals surface area contributed by atoms with E-state index in [1.165, 1.54) is 24.3 Å². The lowest BCUT2D eigenvalue weighted by Gasteiger charge is -2.15. The number of amides is 1. The molecule has 1 amide bonds. The molecule has 0 bridgehead atoms. The summed E-state index contributed by atoms with van der Waals surface area (Å²) < 4.78 is 26.6. The van der Waals surface area contributed by atoms with Gasteiger partial charge in [0.25, 0.3) is 5.69 Å². The second-order valence-electron chi connectivity index (χ2n) is 5.57. The van der Waals surface area contributed by atoms with Crippen LogP contribution in [0, 0.1) is 28.7 Å². The first-order valence-corrected chi connectivity index (χ1v) is 7.51. The van der Waals surface area contributed by atoms with Crippen LogP contribution in [0.3, 0.4) is 0 Å². The van der Waals surface area contributed by atoms with Crippen molar-refractivity contribution < 1.29 is 18.5 Å². The number of nitro groups is 1. The number of anilines is 1. The number of rotatable bonds is 6. The van der Waals surface area contributed by atoms with Crippen molar-refractivity contribution >= 4 is 17.3 Å². The molecular formula is C17H17F2N3O3. The van der Waals surface area contributed by atoms with Crippen LogP contribution in [-0.2, 0) is 4.79 Å². The number of nitro benzene ring substituents is 1. The van der Waals surface area contributed by atoms with Crippen molar-refractivity contribution in [3.05, 3.63) is 69.3 Å². The number of benzene rings is 2. The molecule has 6 nitrogen and oxygen atoms in total. The molecule has 0 aliphatic rings. The summed E-state index contributed by atoms with van der Waals surface area (Å²) in [6.07, 6.45) is 0. The molecule has 0 aromatic heterocycles. The van der Waals surface area contributed by atoms with Crippen LogP contribution in [0.5, 0.6) is 0 Å². The van der Waals surface area contributed by atoms with Gasteiger partial charge in [-0.05, 0) is 31.5 Å². The maximum atomic E-state index is 13.7. The third-order valence-electron chi connectivity index (χ3n) is 3.69. The molecule has 2 aromatic carbocycles. The van der Waals surface area contributed by atoms with Gasteiger partial charge in [-0.2, -0.15) is 0 Å². The highest BCUT2D eigenvalue weighted by Gasteiger charge is 2.14. The van der Waals surface area contributed by atoms with E-state index in [4.69, 9.17) is 0 Å². The number of aryl methyl sites for hydroxylation is 1. The van der Waals surface area contributed by atoms with E-state index in [9.17, 15) is 23.7 Å². The van der Waals surface area contributed by atoms with Crippen LogP contribution >= 0.6 is 0 Å². The minimum absolute atomic E-state index is 0.0611. The Balaban J connectivity index is 1.95. The van der Waals surface area contributed by atoms with Crippen molar-refractivity contribution in [3.8, 4) is 0 Å². The summed E-state index contributed by atoms with van der Waals surface area (Å²) in [6.45, 7) is 3.20. The molecule has 0 aliphatic heterocycles. The van der Waals surface area contributed by atoms with Crippen LogP contribution in [0.15, 0.2) is 36.4 Å². The summed E-state index contributed by atoms with van der Waals surface area (Å²) in [6, 6.07) is 6.87. The first kappa shape index (κ1) is 18.5. The quantitative estimate of drug-likeness (QED) is 0.618. The van der Waals surface area contributed by atoms with E-state index < -0.39 is 22.6 Å². The molecule has 25 heavy (non-hydrogen) atoms. The van der Waals surface area contributed by atoms with Gasteiger partial charge in [0, 0.05) is 35.5 Å². The Hall–Kier alpha value is -2.87. The van der Waals surface area contributed by atoms with Gasteiger partial charge in [-0.3, -0.25) is 14.9 Å². The van der Waals surface area contributed by atoms with Gasteiger partial charge in [0.15, 0.2) is 0 Å². The Morgan fingerprint density at radius 2 is 1.96 bits per heavy atom. The number of halogens is 2. The van der Waals surface area contributed by atoms with E-state index in [-0.39, 0.29) is 23.7 Å². The van der Waals surface area contributed by atoms with Crippen LogP contribution in [-0.4, -0.2) is 17.4 Å². The minimum Gasteiger partial charge on any atom is -0.325 e. The van der Waals surface area contributed by atoms with E-state index >= 15 is 0 Å². The summed E-state index contributed by atoms with van der Waals surface area (Å²) in [5, 5.41) is 16.2. The molecule has 0 saturated heterocycles. The lowest BCUT2D eigenvalue weighted by Crippen LogP contribution is -2.30. The Morgan fingerprint density at radius 1 is 1.24 bits per heavy atom. The van der Waals surface area contributed by atoms with Crippen LogP contribution in [0.25, 0.3) is 0 Å². The Bertz CT molecular complexity index is 812. The molecule has 0 spiro atoms. The van der Waals surface area contributed by atoms with E-state index in [0.717, 1.165) is 12.1 Å². The monoisotopic (exact) mass is 349 g/mol. The number of hydrogen-bond acceptors (Lipinski definition) is 4. The van der Waals surface area contributed by atoms with Crippen molar-refractivity contribution in [2.45, 2.75) is 19.9 Å². The van der Waals surface area contributed by atoms with E-state index in [0.29, 0.717) is 11.3 Å². The van der Waals surface area contributed by atoms with Gasteiger partial charge in [0.2, 0.25) is 5.91 Å². The summed E-state index contributed by atoms with van der Waals surface area (Å²) in [4.78, 5) is 22.2. The third-order valence-corrected chi connectivity index (χ3v) is 3.69. The Morgan fingerprint density at radius 3 is 2.56 bits per heavy atom. The molecule has 0 radical (unpaired) electrons. The normalized spacial score (nSPS) is 11.8. The van der Waals surface area contributed by atoms with Crippen molar-refractivity contribution in [1.82, 2.24) is 5.32 Å². The first-order chi connectivity index (χ1) is 11.8. The third kappa shape index (κ3) is 4.80. The largest absolute Gasteiger partial charge is 0.325 e. The number of carbonyl (C=O) groups is 1. The fourth-order valence-corrected chi connectivity index (χ4v) is 2.30. The lowest BCUT2D eigenvalue weighted by atomic mass is 10.1. The van der Waals surface area contributed by atoms with Crippen molar-refractivity contribution in [2.24, 2.45) is 0 Å². The molecule has 0 aliphatic carbocycles. The molecule has 0 fully saturated rings. The maximum Gasteiger partial charge on any atom is 0.269 e. The lowest BCUT2D eigenvalue weighted by molar-refractivity contribution is -0.384. The smallest absolute Gasteiger partial charge is 0.269 e. The average Bonchev–Trinajstić information content (AvgIpc) is 2.54. The zero-order valence-corrected chi connectivity index (χ0v) is 13.7. The van der Waals surface area contributed by atoms with E-state index in [1.807, 2.05) is 0 Å². The zero-order valence-electron chi connectivity index (χ0n) is 13.7. The van der Waals surface area contributed by atoms with Crippen molar-refractivity contribution in [3.63, 3.8) is 0 Å². The Labute approximate surface area is 143 Å². The summed E-state index contributed by atoms with van der Waals surface area (Å²) in [5.74, 6) is -1.74. The predicted molar refractivity (Wildman–Crippen MR) is 89.2 cm³/mol. The van der Waals surface area contributed by atoms with Crippen molar-refractivity contribution in [1.29, 1.82) is 0 Å². The second-order valence-corrected chi connectivity index (χ2v) is 5.57. The zero-order chi connectivity index (χ0) is 18.6. The van der Waals surface area contributed by atoms with Crippen LogP contribution in [0.4, 0.5) is 20.2 Å². The fraction of sp³-hybridized carbons (Fsp3) is 0.235. The standard InChI is InChI=1S/C17H17F2N3O3/c1-10-7-13(22(24)25)4-6-16(10)21-17(23)9-20-11(2)14-5-3-12(18)8-15(14)19/h3-8,11,20H,9H2,1-2H3,(H,21,23)/t11-/m1/s1. The van der Waals surface area contributed by atoms with Gasteiger partial charge in [-0.25, -0.2) is 8.78 Å². The summed E-state index contributed by atoms with van der Waals surface area (Å²) in [7, 11) is 0. The van der Waals surface area contributed by atoms with E-state index in [2.05, 4.69) is 10.6 Å². The highest BCUT2D eigenvalue weighted by molar-refractivity contribution is 5.93. The molecule has 132 valence electrons. The van der Waals surface area contributed by atoms with Crippen LogP contribution in [0.2, 0.25) is 0 Å². The van der Waals surface area contributed by atoms with Gasteiger partial charge in [-0.1, -0.05) is 6.07 Å². The number of nitrogens with one attached hydrogen (secondary N) is 2.